The van der Waals surface area contributed by atoms with Gasteiger partial charge in [0.15, 0.2) is 0 Å². The Balaban J connectivity index is 1.62. The highest BCUT2D eigenvalue weighted by atomic mass is 35.5. The van der Waals surface area contributed by atoms with Gasteiger partial charge in [-0.25, -0.2) is 4.98 Å². The van der Waals surface area contributed by atoms with Crippen LogP contribution in [0.25, 0.3) is 11.0 Å². The summed E-state index contributed by atoms with van der Waals surface area (Å²) in [7, 11) is 0. The van der Waals surface area contributed by atoms with E-state index in [9.17, 15) is 4.79 Å². The van der Waals surface area contributed by atoms with E-state index in [-0.39, 0.29) is 5.91 Å². The minimum atomic E-state index is 0.153. The number of imidazole rings is 1. The zero-order valence-electron chi connectivity index (χ0n) is 15.4. The third-order valence-electron chi connectivity index (χ3n) is 5.16. The molecule has 0 unspecified atom stereocenters. The Morgan fingerprint density at radius 1 is 1.04 bits per heavy atom. The number of benzene rings is 2. The van der Waals surface area contributed by atoms with Crippen LogP contribution in [-0.2, 0) is 17.9 Å². The number of halogens is 1. The number of aromatic nitrogens is 2. The molecule has 6 heteroatoms. The highest BCUT2D eigenvalue weighted by Gasteiger charge is 2.21. The van der Waals surface area contributed by atoms with Crippen molar-refractivity contribution < 1.29 is 4.79 Å². The largest absolute Gasteiger partial charge is 0.340 e. The van der Waals surface area contributed by atoms with Gasteiger partial charge in [-0.15, -0.1) is 0 Å². The van der Waals surface area contributed by atoms with Crippen molar-refractivity contribution in [2.45, 2.75) is 20.0 Å². The fourth-order valence-electron chi connectivity index (χ4n) is 3.63. The second-order valence-electron chi connectivity index (χ2n) is 7.02. The third kappa shape index (κ3) is 3.99. The van der Waals surface area contributed by atoms with Gasteiger partial charge in [0.2, 0.25) is 5.91 Å². The van der Waals surface area contributed by atoms with Gasteiger partial charge < -0.3 is 9.47 Å². The molecule has 2 heterocycles. The van der Waals surface area contributed by atoms with E-state index in [2.05, 4.69) is 33.7 Å². The van der Waals surface area contributed by atoms with Crippen molar-refractivity contribution in [3.63, 3.8) is 0 Å². The van der Waals surface area contributed by atoms with Gasteiger partial charge in [0.05, 0.1) is 17.6 Å². The number of carbonyl (C=O) groups is 1. The zero-order chi connectivity index (χ0) is 18.8. The van der Waals surface area contributed by atoms with Gasteiger partial charge in [-0.1, -0.05) is 41.9 Å². The van der Waals surface area contributed by atoms with Crippen molar-refractivity contribution in [3.8, 4) is 0 Å². The summed E-state index contributed by atoms with van der Waals surface area (Å²) in [6.45, 7) is 6.47. The summed E-state index contributed by atoms with van der Waals surface area (Å²) in [5, 5.41) is 0.721. The minimum Gasteiger partial charge on any atom is -0.340 e. The topological polar surface area (TPSA) is 41.4 Å². The molecular weight excluding hydrogens is 360 g/mol. The van der Waals surface area contributed by atoms with E-state index in [0.29, 0.717) is 0 Å². The monoisotopic (exact) mass is 382 g/mol. The van der Waals surface area contributed by atoms with E-state index in [0.717, 1.165) is 61.1 Å². The van der Waals surface area contributed by atoms with Gasteiger partial charge in [-0.2, -0.15) is 0 Å². The van der Waals surface area contributed by atoms with Crippen LogP contribution in [0, 0.1) is 0 Å². The lowest BCUT2D eigenvalue weighted by atomic mass is 10.2. The van der Waals surface area contributed by atoms with E-state index >= 15 is 0 Å². The molecule has 0 saturated carbocycles. The Kier molecular flexibility index (Phi) is 5.14. The molecule has 27 heavy (non-hydrogen) atoms. The van der Waals surface area contributed by atoms with E-state index in [1.807, 2.05) is 29.2 Å². The second kappa shape index (κ2) is 7.71. The van der Waals surface area contributed by atoms with E-state index in [4.69, 9.17) is 16.6 Å². The molecule has 0 aliphatic carbocycles. The van der Waals surface area contributed by atoms with Crippen LogP contribution in [0.2, 0.25) is 5.02 Å². The first-order valence-electron chi connectivity index (χ1n) is 9.26. The number of amides is 1. The van der Waals surface area contributed by atoms with Crippen LogP contribution >= 0.6 is 11.6 Å². The molecule has 1 aliphatic rings. The van der Waals surface area contributed by atoms with E-state index in [1.165, 1.54) is 5.56 Å². The summed E-state index contributed by atoms with van der Waals surface area (Å²) in [5.74, 6) is 1.19. The molecule has 140 valence electrons. The molecule has 1 amide bonds. The van der Waals surface area contributed by atoms with Crippen LogP contribution in [0.15, 0.2) is 48.5 Å². The zero-order valence-corrected chi connectivity index (χ0v) is 16.2. The number of carbonyl (C=O) groups excluding carboxylic acids is 1. The Hall–Kier alpha value is -2.37. The maximum Gasteiger partial charge on any atom is 0.219 e. The van der Waals surface area contributed by atoms with Crippen LogP contribution < -0.4 is 0 Å². The molecular formula is C21H23ClN4O. The predicted molar refractivity (Wildman–Crippen MR) is 108 cm³/mol. The van der Waals surface area contributed by atoms with E-state index < -0.39 is 0 Å². The summed E-state index contributed by atoms with van der Waals surface area (Å²) in [6.07, 6.45) is 0. The summed E-state index contributed by atoms with van der Waals surface area (Å²) in [4.78, 5) is 20.7. The van der Waals surface area contributed by atoms with Gasteiger partial charge in [0, 0.05) is 44.7 Å². The molecule has 0 atom stereocenters. The summed E-state index contributed by atoms with van der Waals surface area (Å²) in [5.41, 5.74) is 3.26. The molecule has 5 nitrogen and oxygen atoms in total. The molecule has 1 aromatic heterocycles. The van der Waals surface area contributed by atoms with Crippen molar-refractivity contribution in [1.82, 2.24) is 19.4 Å². The van der Waals surface area contributed by atoms with Crippen LogP contribution in [0.3, 0.4) is 0 Å². The fraction of sp³-hybridized carbons (Fsp3) is 0.333. The lowest BCUT2D eigenvalue weighted by Gasteiger charge is -2.34. The molecule has 0 N–H and O–H groups in total. The smallest absolute Gasteiger partial charge is 0.219 e. The molecule has 0 bridgehead atoms. The highest BCUT2D eigenvalue weighted by Crippen LogP contribution is 2.23. The molecule has 1 fully saturated rings. The number of piperazine rings is 1. The normalized spacial score (nSPS) is 15.4. The van der Waals surface area contributed by atoms with Gasteiger partial charge >= 0.3 is 0 Å². The first-order chi connectivity index (χ1) is 13.1. The van der Waals surface area contributed by atoms with Gasteiger partial charge in [-0.3, -0.25) is 9.69 Å². The van der Waals surface area contributed by atoms with Crippen molar-refractivity contribution >= 4 is 28.5 Å². The quantitative estimate of drug-likeness (QED) is 0.694. The fourth-order valence-corrected chi connectivity index (χ4v) is 3.80. The summed E-state index contributed by atoms with van der Waals surface area (Å²) >= 11 is 6.25. The molecule has 2 aromatic carbocycles. The maximum atomic E-state index is 11.5. The summed E-state index contributed by atoms with van der Waals surface area (Å²) in [6, 6.07) is 16.3. The average Bonchev–Trinajstić information content (AvgIpc) is 2.99. The van der Waals surface area contributed by atoms with Gasteiger partial charge in [0.25, 0.3) is 0 Å². The van der Waals surface area contributed by atoms with E-state index in [1.54, 1.807) is 6.92 Å². The standard InChI is InChI=1S/C21H23ClN4O/c1-16(27)25-11-9-24(10-12-25)15-21-23-19-8-7-18(22)13-20(19)26(21)14-17-5-3-2-4-6-17/h2-8,13H,9-12,14-15H2,1H3. The maximum absolute atomic E-state index is 11.5. The number of hydrogen-bond acceptors (Lipinski definition) is 3. The molecule has 1 saturated heterocycles. The Labute approximate surface area is 164 Å². The number of nitrogens with zero attached hydrogens (tertiary/aromatic N) is 4. The number of fused-ring (bicyclic) bond motifs is 1. The van der Waals surface area contributed by atoms with Crippen molar-refractivity contribution in [1.29, 1.82) is 0 Å². The SMILES string of the molecule is CC(=O)N1CCN(Cc2nc3ccc(Cl)cc3n2Cc2ccccc2)CC1. The molecule has 4 rings (SSSR count). The summed E-state index contributed by atoms with van der Waals surface area (Å²) < 4.78 is 2.26. The Morgan fingerprint density at radius 2 is 1.78 bits per heavy atom. The Bertz CT molecular complexity index is 945. The second-order valence-corrected chi connectivity index (χ2v) is 7.45. The first kappa shape index (κ1) is 18.0. The highest BCUT2D eigenvalue weighted by molar-refractivity contribution is 6.31. The van der Waals surface area contributed by atoms with Gasteiger partial charge in [0.1, 0.15) is 5.82 Å². The van der Waals surface area contributed by atoms with Gasteiger partial charge in [-0.05, 0) is 23.8 Å². The molecule has 1 aliphatic heterocycles. The lowest BCUT2D eigenvalue weighted by Crippen LogP contribution is -2.47. The lowest BCUT2D eigenvalue weighted by molar-refractivity contribution is -0.130. The van der Waals surface area contributed by atoms with Crippen LogP contribution in [-0.4, -0.2) is 51.4 Å². The first-order valence-corrected chi connectivity index (χ1v) is 9.64. The van der Waals surface area contributed by atoms with Crippen molar-refractivity contribution in [3.05, 3.63) is 64.9 Å². The number of rotatable bonds is 4. The van der Waals surface area contributed by atoms with Crippen LogP contribution in [0.4, 0.5) is 0 Å². The third-order valence-corrected chi connectivity index (χ3v) is 5.39. The Morgan fingerprint density at radius 3 is 2.48 bits per heavy atom. The average molecular weight is 383 g/mol. The number of hydrogen-bond donors (Lipinski definition) is 0. The predicted octanol–water partition coefficient (Wildman–Crippen LogP) is 3.40. The van der Waals surface area contributed by atoms with Crippen molar-refractivity contribution in [2.75, 3.05) is 26.2 Å². The van der Waals surface area contributed by atoms with Crippen molar-refractivity contribution in [2.24, 2.45) is 0 Å². The molecule has 0 spiro atoms. The van der Waals surface area contributed by atoms with Crippen LogP contribution in [0.1, 0.15) is 18.3 Å². The minimum absolute atomic E-state index is 0.153. The molecule has 0 radical (unpaired) electrons. The van der Waals surface area contributed by atoms with Crippen LogP contribution in [0.5, 0.6) is 0 Å². The molecule has 3 aromatic rings.